The minimum Gasteiger partial charge on any atom is -0.469 e. The molecule has 0 saturated heterocycles. The summed E-state index contributed by atoms with van der Waals surface area (Å²) in [6.45, 7) is 1.79. The lowest BCUT2D eigenvalue weighted by molar-refractivity contribution is 0.0511. The molecule has 1 amide bonds. The summed E-state index contributed by atoms with van der Waals surface area (Å²) in [6.07, 6.45) is 1.89. The number of nitrogens with one attached hydrogen (secondary N) is 1. The van der Waals surface area contributed by atoms with Crippen LogP contribution in [0.3, 0.4) is 0 Å². The highest BCUT2D eigenvalue weighted by Gasteiger charge is 2.23. The van der Waals surface area contributed by atoms with E-state index in [1.54, 1.807) is 37.5 Å². The Kier molecular flexibility index (Phi) is 4.29. The number of furan rings is 1. The molecule has 0 spiro atoms. The van der Waals surface area contributed by atoms with Crippen LogP contribution in [0, 0.1) is 0 Å². The second-order valence-corrected chi connectivity index (χ2v) is 6.25. The Morgan fingerprint density at radius 3 is 2.89 bits per heavy atom. The molecule has 0 radical (unpaired) electrons. The molecule has 2 rings (SSSR count). The van der Waals surface area contributed by atoms with Crippen molar-refractivity contribution in [2.45, 2.75) is 18.9 Å². The third kappa shape index (κ3) is 4.09. The Morgan fingerprint density at radius 2 is 2.32 bits per heavy atom. The van der Waals surface area contributed by atoms with Gasteiger partial charge >= 0.3 is 0 Å². The van der Waals surface area contributed by atoms with Gasteiger partial charge in [-0.2, -0.15) is 0 Å². The number of aliphatic hydroxyl groups is 1. The quantitative estimate of drug-likeness (QED) is 0.892. The highest BCUT2D eigenvalue weighted by atomic mass is 35.5. The van der Waals surface area contributed by atoms with E-state index in [0.717, 1.165) is 0 Å². The summed E-state index contributed by atoms with van der Waals surface area (Å²) in [6, 6.07) is 6.87. The van der Waals surface area contributed by atoms with Crippen LogP contribution in [0.15, 0.2) is 34.9 Å². The van der Waals surface area contributed by atoms with Crippen molar-refractivity contribution in [2.75, 3.05) is 6.54 Å². The van der Waals surface area contributed by atoms with E-state index in [1.165, 1.54) is 11.3 Å². The highest BCUT2D eigenvalue weighted by Crippen LogP contribution is 2.21. The average Bonchev–Trinajstić information content (AvgIpc) is 2.97. The number of thiophene rings is 1. The number of hydrogen-bond donors (Lipinski definition) is 2. The van der Waals surface area contributed by atoms with Crippen LogP contribution < -0.4 is 5.32 Å². The van der Waals surface area contributed by atoms with Crippen molar-refractivity contribution >= 4 is 28.8 Å². The summed E-state index contributed by atoms with van der Waals surface area (Å²) in [5.74, 6) is 0.440. The van der Waals surface area contributed by atoms with Gasteiger partial charge in [-0.05, 0) is 31.2 Å². The van der Waals surface area contributed by atoms with Crippen LogP contribution in [0.5, 0.6) is 0 Å². The fraction of sp³-hybridized carbons (Fsp3) is 0.308. The lowest BCUT2D eigenvalue weighted by Crippen LogP contribution is -2.42. The van der Waals surface area contributed by atoms with E-state index in [9.17, 15) is 9.90 Å². The van der Waals surface area contributed by atoms with Crippen LogP contribution in [0.1, 0.15) is 22.4 Å². The topological polar surface area (TPSA) is 62.5 Å². The van der Waals surface area contributed by atoms with Crippen molar-refractivity contribution in [2.24, 2.45) is 0 Å². The Morgan fingerprint density at radius 1 is 1.53 bits per heavy atom. The predicted octanol–water partition coefficient (Wildman–Crippen LogP) is 2.72. The van der Waals surface area contributed by atoms with E-state index >= 15 is 0 Å². The second-order valence-electron chi connectivity index (χ2n) is 4.54. The van der Waals surface area contributed by atoms with Gasteiger partial charge in [0.2, 0.25) is 0 Å². The van der Waals surface area contributed by atoms with E-state index in [2.05, 4.69) is 5.32 Å². The maximum absolute atomic E-state index is 11.8. The molecule has 0 aromatic carbocycles. The van der Waals surface area contributed by atoms with Gasteiger partial charge in [-0.3, -0.25) is 4.79 Å². The Hall–Kier alpha value is -1.30. The van der Waals surface area contributed by atoms with Gasteiger partial charge in [0, 0.05) is 13.0 Å². The molecular weight excluding hydrogens is 286 g/mol. The van der Waals surface area contributed by atoms with Gasteiger partial charge in [-0.1, -0.05) is 11.6 Å². The van der Waals surface area contributed by atoms with Crippen LogP contribution in [0.4, 0.5) is 0 Å². The molecule has 6 heteroatoms. The maximum atomic E-state index is 11.8. The molecule has 2 N–H and O–H groups in total. The molecule has 0 aliphatic heterocycles. The standard InChI is InChI=1S/C13H14ClNO3S/c1-13(17,7-9-3-2-6-18-9)8-15-12(16)10-4-5-11(14)19-10/h2-6,17H,7-8H2,1H3,(H,15,16)/t13-/m0/s1. The lowest BCUT2D eigenvalue weighted by atomic mass is 10.0. The van der Waals surface area contributed by atoms with E-state index in [1.807, 2.05) is 0 Å². The molecule has 0 fully saturated rings. The third-order valence-electron chi connectivity index (χ3n) is 2.56. The van der Waals surface area contributed by atoms with Gasteiger partial charge < -0.3 is 14.8 Å². The predicted molar refractivity (Wildman–Crippen MR) is 74.7 cm³/mol. The molecule has 0 unspecified atom stereocenters. The van der Waals surface area contributed by atoms with Crippen LogP contribution in [-0.2, 0) is 6.42 Å². The first-order valence-corrected chi connectivity index (χ1v) is 6.94. The van der Waals surface area contributed by atoms with E-state index in [4.69, 9.17) is 16.0 Å². The molecule has 4 nitrogen and oxygen atoms in total. The summed E-state index contributed by atoms with van der Waals surface area (Å²) in [7, 11) is 0. The number of hydrogen-bond acceptors (Lipinski definition) is 4. The van der Waals surface area contributed by atoms with Gasteiger partial charge in [-0.15, -0.1) is 11.3 Å². The monoisotopic (exact) mass is 299 g/mol. The molecule has 0 bridgehead atoms. The molecule has 2 heterocycles. The van der Waals surface area contributed by atoms with Gasteiger partial charge in [0.15, 0.2) is 0 Å². The Balaban J connectivity index is 1.88. The molecule has 0 aliphatic carbocycles. The average molecular weight is 300 g/mol. The van der Waals surface area contributed by atoms with E-state index in [0.29, 0.717) is 21.4 Å². The lowest BCUT2D eigenvalue weighted by Gasteiger charge is -2.22. The molecule has 102 valence electrons. The summed E-state index contributed by atoms with van der Waals surface area (Å²) in [5, 5.41) is 12.9. The SMILES string of the molecule is C[C@@](O)(CNC(=O)c1ccc(Cl)s1)Cc1ccco1. The number of amides is 1. The molecule has 2 aromatic rings. The summed E-state index contributed by atoms with van der Waals surface area (Å²) >= 11 is 6.97. The molecule has 0 saturated carbocycles. The molecule has 0 aliphatic rings. The number of halogens is 1. The number of carbonyl (C=O) groups is 1. The van der Waals surface area contributed by atoms with Gasteiger partial charge in [-0.25, -0.2) is 0 Å². The first-order chi connectivity index (χ1) is 8.96. The van der Waals surface area contributed by atoms with Crippen molar-refractivity contribution in [3.8, 4) is 0 Å². The fourth-order valence-corrected chi connectivity index (χ4v) is 2.60. The Bertz CT molecular complexity index is 548. The first-order valence-electron chi connectivity index (χ1n) is 5.75. The number of rotatable bonds is 5. The first kappa shape index (κ1) is 14.1. The molecule has 1 atom stereocenters. The zero-order valence-electron chi connectivity index (χ0n) is 10.4. The minimum absolute atomic E-state index is 0.141. The van der Waals surface area contributed by atoms with E-state index < -0.39 is 5.60 Å². The summed E-state index contributed by atoms with van der Waals surface area (Å²) in [5.41, 5.74) is -1.06. The highest BCUT2D eigenvalue weighted by molar-refractivity contribution is 7.17. The zero-order chi connectivity index (χ0) is 13.9. The van der Waals surface area contributed by atoms with Crippen LogP contribution in [0.2, 0.25) is 4.34 Å². The maximum Gasteiger partial charge on any atom is 0.261 e. The van der Waals surface area contributed by atoms with Crippen LogP contribution >= 0.6 is 22.9 Å². The van der Waals surface area contributed by atoms with Gasteiger partial charge in [0.25, 0.3) is 5.91 Å². The van der Waals surface area contributed by atoms with E-state index in [-0.39, 0.29) is 12.5 Å². The van der Waals surface area contributed by atoms with Crippen LogP contribution in [-0.4, -0.2) is 23.2 Å². The van der Waals surface area contributed by atoms with Crippen LogP contribution in [0.25, 0.3) is 0 Å². The zero-order valence-corrected chi connectivity index (χ0v) is 11.9. The van der Waals surface area contributed by atoms with Crippen molar-refractivity contribution in [3.63, 3.8) is 0 Å². The molecule has 2 aromatic heterocycles. The normalized spacial score (nSPS) is 14.1. The van der Waals surface area contributed by atoms with Crippen molar-refractivity contribution in [1.29, 1.82) is 0 Å². The summed E-state index contributed by atoms with van der Waals surface area (Å²) in [4.78, 5) is 12.3. The van der Waals surface area contributed by atoms with Gasteiger partial charge in [0.05, 0.1) is 21.1 Å². The van der Waals surface area contributed by atoms with Crippen molar-refractivity contribution < 1.29 is 14.3 Å². The molecular formula is C13H14ClNO3S. The van der Waals surface area contributed by atoms with Gasteiger partial charge in [0.1, 0.15) is 5.76 Å². The third-order valence-corrected chi connectivity index (χ3v) is 3.79. The fourth-order valence-electron chi connectivity index (χ4n) is 1.65. The summed E-state index contributed by atoms with van der Waals surface area (Å²) < 4.78 is 5.74. The second kappa shape index (κ2) is 5.77. The molecule has 19 heavy (non-hydrogen) atoms. The smallest absolute Gasteiger partial charge is 0.261 e. The largest absolute Gasteiger partial charge is 0.469 e. The van der Waals surface area contributed by atoms with Crippen molar-refractivity contribution in [3.05, 3.63) is 45.5 Å². The number of carbonyl (C=O) groups excluding carboxylic acids is 1. The minimum atomic E-state index is -1.06. The Labute approximate surface area is 120 Å². The van der Waals surface area contributed by atoms with Crippen molar-refractivity contribution in [1.82, 2.24) is 5.32 Å².